The third-order valence-electron chi connectivity index (χ3n) is 4.94. The molecule has 0 radical (unpaired) electrons. The van der Waals surface area contributed by atoms with Gasteiger partial charge in [0.15, 0.2) is 6.61 Å². The first-order valence-electron chi connectivity index (χ1n) is 9.61. The topological polar surface area (TPSA) is 73.3 Å². The number of hydrogen-bond donors (Lipinski definition) is 1. The number of fused-ring (bicyclic) bond motifs is 1. The fourth-order valence-corrected chi connectivity index (χ4v) is 3.50. The lowest BCUT2D eigenvalue weighted by Gasteiger charge is -2.28. The van der Waals surface area contributed by atoms with Gasteiger partial charge in [0.2, 0.25) is 0 Å². The highest BCUT2D eigenvalue weighted by molar-refractivity contribution is 5.84. The van der Waals surface area contributed by atoms with Gasteiger partial charge in [0, 0.05) is 18.4 Å². The van der Waals surface area contributed by atoms with Crippen molar-refractivity contribution in [3.63, 3.8) is 0 Å². The van der Waals surface area contributed by atoms with Gasteiger partial charge in [-0.15, -0.1) is 0 Å². The minimum Gasteiger partial charge on any atom is -0.484 e. The first-order chi connectivity index (χ1) is 13.8. The molecule has 4 rings (SSSR count). The van der Waals surface area contributed by atoms with E-state index in [2.05, 4.69) is 21.4 Å². The molecule has 28 heavy (non-hydrogen) atoms. The van der Waals surface area contributed by atoms with Crippen LogP contribution < -0.4 is 14.8 Å². The molecule has 1 saturated carbocycles. The molecule has 6 nitrogen and oxygen atoms in total. The highest BCUT2D eigenvalue weighted by Gasteiger charge is 2.24. The minimum atomic E-state index is -0.0936. The Morgan fingerprint density at radius 1 is 0.964 bits per heavy atom. The standard InChI is InChI=1S/C22H23N3O3/c26-21(15-27-20-9-6-16-4-1-2-5-17(16)14-20)25-18-7-10-19(11-8-18)28-22-23-12-3-13-24-22/h1-6,9,12-14,18-19H,7-8,10-11,15H2,(H,25,26). The van der Waals surface area contributed by atoms with E-state index in [0.29, 0.717) is 11.8 Å². The number of ether oxygens (including phenoxy) is 2. The summed E-state index contributed by atoms with van der Waals surface area (Å²) in [6.07, 6.45) is 6.93. The van der Waals surface area contributed by atoms with Gasteiger partial charge in [-0.25, -0.2) is 9.97 Å². The van der Waals surface area contributed by atoms with Gasteiger partial charge in [-0.1, -0.05) is 30.3 Å². The molecule has 0 bridgehead atoms. The molecule has 0 atom stereocenters. The SMILES string of the molecule is O=C(COc1ccc2ccccc2c1)NC1CCC(Oc2ncccn2)CC1. The van der Waals surface area contributed by atoms with Crippen molar-refractivity contribution >= 4 is 16.7 Å². The highest BCUT2D eigenvalue weighted by atomic mass is 16.5. The van der Waals surface area contributed by atoms with Crippen molar-refractivity contribution in [2.24, 2.45) is 0 Å². The Morgan fingerprint density at radius 3 is 2.50 bits per heavy atom. The Balaban J connectivity index is 1.21. The van der Waals surface area contributed by atoms with Crippen LogP contribution in [-0.4, -0.2) is 34.6 Å². The predicted octanol–water partition coefficient (Wildman–Crippen LogP) is 3.52. The monoisotopic (exact) mass is 377 g/mol. The molecule has 1 N–H and O–H groups in total. The maximum absolute atomic E-state index is 12.2. The number of benzene rings is 2. The Labute approximate surface area is 163 Å². The van der Waals surface area contributed by atoms with Crippen molar-refractivity contribution in [3.8, 4) is 11.8 Å². The van der Waals surface area contributed by atoms with Crippen molar-refractivity contribution in [1.29, 1.82) is 0 Å². The van der Waals surface area contributed by atoms with E-state index in [1.807, 2.05) is 36.4 Å². The molecule has 0 aliphatic heterocycles. The van der Waals surface area contributed by atoms with E-state index >= 15 is 0 Å². The normalized spacial score (nSPS) is 19.1. The molecule has 0 spiro atoms. The lowest BCUT2D eigenvalue weighted by molar-refractivity contribution is -0.124. The van der Waals surface area contributed by atoms with Gasteiger partial charge in [0.1, 0.15) is 11.9 Å². The van der Waals surface area contributed by atoms with Gasteiger partial charge in [0.25, 0.3) is 5.91 Å². The fraction of sp³-hybridized carbons (Fsp3) is 0.318. The van der Waals surface area contributed by atoms with Gasteiger partial charge in [-0.2, -0.15) is 0 Å². The van der Waals surface area contributed by atoms with Gasteiger partial charge >= 0.3 is 6.01 Å². The maximum Gasteiger partial charge on any atom is 0.316 e. The second-order valence-corrected chi connectivity index (χ2v) is 6.99. The molecular weight excluding hydrogens is 354 g/mol. The van der Waals surface area contributed by atoms with E-state index in [0.717, 1.165) is 36.5 Å². The summed E-state index contributed by atoms with van der Waals surface area (Å²) in [5.41, 5.74) is 0. The molecule has 0 saturated heterocycles. The molecule has 144 valence electrons. The van der Waals surface area contributed by atoms with E-state index < -0.39 is 0 Å². The van der Waals surface area contributed by atoms with Gasteiger partial charge in [-0.3, -0.25) is 4.79 Å². The molecule has 1 aliphatic rings. The molecule has 1 aliphatic carbocycles. The van der Waals surface area contributed by atoms with Crippen LogP contribution in [0.1, 0.15) is 25.7 Å². The Bertz CT molecular complexity index is 924. The van der Waals surface area contributed by atoms with Crippen LogP contribution in [0, 0.1) is 0 Å². The maximum atomic E-state index is 12.2. The zero-order valence-electron chi connectivity index (χ0n) is 15.6. The van der Waals surface area contributed by atoms with Crippen LogP contribution in [0.2, 0.25) is 0 Å². The summed E-state index contributed by atoms with van der Waals surface area (Å²) in [6.45, 7) is 0.0205. The van der Waals surface area contributed by atoms with Crippen LogP contribution in [0.15, 0.2) is 60.9 Å². The predicted molar refractivity (Wildman–Crippen MR) is 106 cm³/mol. The smallest absolute Gasteiger partial charge is 0.316 e. The van der Waals surface area contributed by atoms with E-state index in [-0.39, 0.29) is 24.7 Å². The van der Waals surface area contributed by atoms with Crippen molar-refractivity contribution in [1.82, 2.24) is 15.3 Å². The van der Waals surface area contributed by atoms with Crippen LogP contribution in [0.5, 0.6) is 11.8 Å². The Hall–Kier alpha value is -3.15. The van der Waals surface area contributed by atoms with E-state index in [4.69, 9.17) is 9.47 Å². The third-order valence-corrected chi connectivity index (χ3v) is 4.94. The quantitative estimate of drug-likeness (QED) is 0.712. The second-order valence-electron chi connectivity index (χ2n) is 6.99. The molecule has 1 aromatic heterocycles. The van der Waals surface area contributed by atoms with E-state index in [9.17, 15) is 4.79 Å². The van der Waals surface area contributed by atoms with Gasteiger partial charge in [-0.05, 0) is 54.7 Å². The number of nitrogens with zero attached hydrogens (tertiary/aromatic N) is 2. The number of hydrogen-bond acceptors (Lipinski definition) is 5. The van der Waals surface area contributed by atoms with Crippen LogP contribution in [0.4, 0.5) is 0 Å². The lowest BCUT2D eigenvalue weighted by atomic mass is 9.93. The Morgan fingerprint density at radius 2 is 1.71 bits per heavy atom. The molecule has 1 fully saturated rings. The largest absolute Gasteiger partial charge is 0.484 e. The third kappa shape index (κ3) is 4.76. The van der Waals surface area contributed by atoms with Crippen LogP contribution in [0.3, 0.4) is 0 Å². The zero-order chi connectivity index (χ0) is 19.2. The molecule has 0 unspecified atom stereocenters. The van der Waals surface area contributed by atoms with Crippen molar-refractivity contribution in [2.45, 2.75) is 37.8 Å². The fourth-order valence-electron chi connectivity index (χ4n) is 3.50. The number of amides is 1. The summed E-state index contributed by atoms with van der Waals surface area (Å²) in [6, 6.07) is 16.3. The summed E-state index contributed by atoms with van der Waals surface area (Å²) in [5, 5.41) is 5.31. The van der Waals surface area contributed by atoms with Crippen LogP contribution >= 0.6 is 0 Å². The molecular formula is C22H23N3O3. The summed E-state index contributed by atoms with van der Waals surface area (Å²) in [7, 11) is 0. The van der Waals surface area contributed by atoms with E-state index in [1.54, 1.807) is 18.5 Å². The lowest BCUT2D eigenvalue weighted by Crippen LogP contribution is -2.41. The molecule has 3 aromatic rings. The molecule has 2 aromatic carbocycles. The van der Waals surface area contributed by atoms with Crippen molar-refractivity contribution < 1.29 is 14.3 Å². The van der Waals surface area contributed by atoms with Crippen LogP contribution in [0.25, 0.3) is 10.8 Å². The number of aromatic nitrogens is 2. The number of carbonyl (C=O) groups is 1. The zero-order valence-corrected chi connectivity index (χ0v) is 15.6. The van der Waals surface area contributed by atoms with Crippen molar-refractivity contribution in [3.05, 3.63) is 60.9 Å². The van der Waals surface area contributed by atoms with E-state index in [1.165, 1.54) is 0 Å². The highest BCUT2D eigenvalue weighted by Crippen LogP contribution is 2.23. The average molecular weight is 377 g/mol. The summed E-state index contributed by atoms with van der Waals surface area (Å²) < 4.78 is 11.5. The van der Waals surface area contributed by atoms with Crippen molar-refractivity contribution in [2.75, 3.05) is 6.61 Å². The minimum absolute atomic E-state index is 0.0205. The number of carbonyl (C=O) groups excluding carboxylic acids is 1. The average Bonchev–Trinajstić information content (AvgIpc) is 2.74. The summed E-state index contributed by atoms with van der Waals surface area (Å²) >= 11 is 0. The number of nitrogens with one attached hydrogen (secondary N) is 1. The van der Waals surface area contributed by atoms with Gasteiger partial charge in [0.05, 0.1) is 0 Å². The van der Waals surface area contributed by atoms with Gasteiger partial charge < -0.3 is 14.8 Å². The van der Waals surface area contributed by atoms with Crippen LogP contribution in [-0.2, 0) is 4.79 Å². The molecule has 6 heteroatoms. The molecule has 1 amide bonds. The summed E-state index contributed by atoms with van der Waals surface area (Å²) in [4.78, 5) is 20.4. The summed E-state index contributed by atoms with van der Waals surface area (Å²) in [5.74, 6) is 0.609. The number of rotatable bonds is 6. The second kappa shape index (κ2) is 8.69. The first kappa shape index (κ1) is 18.2. The molecule has 1 heterocycles. The Kier molecular flexibility index (Phi) is 5.66. The first-order valence-corrected chi connectivity index (χ1v) is 9.61.